The summed E-state index contributed by atoms with van der Waals surface area (Å²) in [7, 11) is -1.77. The van der Waals surface area contributed by atoms with E-state index in [-0.39, 0.29) is 30.4 Å². The number of rotatable bonds is 4. The monoisotopic (exact) mass is 278 g/mol. The minimum atomic E-state index is -3.55. The van der Waals surface area contributed by atoms with Crippen LogP contribution in [-0.2, 0) is 0 Å². The maximum Gasteiger partial charge on any atom is 1.00 e. The van der Waals surface area contributed by atoms with Gasteiger partial charge < -0.3 is 9.47 Å². The molecule has 0 saturated heterocycles. The summed E-state index contributed by atoms with van der Waals surface area (Å²) in [6.45, 7) is 6.36. The van der Waals surface area contributed by atoms with E-state index in [1.54, 1.807) is 6.07 Å². The van der Waals surface area contributed by atoms with Crippen molar-refractivity contribution in [3.63, 3.8) is 0 Å². The predicted molar refractivity (Wildman–Crippen MR) is 68.3 cm³/mol. The Morgan fingerprint density at radius 1 is 1.16 bits per heavy atom. The molecule has 1 aromatic carbocycles. The van der Waals surface area contributed by atoms with E-state index in [1.807, 2.05) is 6.07 Å². The first-order chi connectivity index (χ1) is 8.48. The summed E-state index contributed by atoms with van der Waals surface area (Å²) in [5.74, 6) is 0.254. The molecule has 0 spiro atoms. The zero-order valence-electron chi connectivity index (χ0n) is 11.8. The van der Waals surface area contributed by atoms with Crippen molar-refractivity contribution in [3.8, 4) is 11.5 Å². The largest absolute Gasteiger partial charge is 1.00 e. The van der Waals surface area contributed by atoms with Crippen molar-refractivity contribution in [2.24, 2.45) is 0 Å². The topological polar surface area (TPSA) is 18.5 Å². The summed E-state index contributed by atoms with van der Waals surface area (Å²) >= 11 is 0. The summed E-state index contributed by atoms with van der Waals surface area (Å²) in [5.41, 5.74) is 0. The van der Waals surface area contributed by atoms with Gasteiger partial charge in [0.05, 0.1) is 19.6 Å². The molecule has 0 atom stereocenters. The zero-order valence-corrected chi connectivity index (χ0v) is 12.8. The van der Waals surface area contributed by atoms with Gasteiger partial charge in [-0.2, -0.15) is 12.1 Å². The van der Waals surface area contributed by atoms with E-state index in [2.05, 4.69) is 36.3 Å². The van der Waals surface area contributed by atoms with E-state index in [9.17, 15) is 8.78 Å². The average Bonchev–Trinajstić information content (AvgIpc) is 2.66. The molecule has 2 rings (SSSR count). The molecule has 0 unspecified atom stereocenters. The molecule has 0 amide bonds. The Morgan fingerprint density at radius 3 is 2.26 bits per heavy atom. The first kappa shape index (κ1) is 16.5. The van der Waals surface area contributed by atoms with E-state index in [1.165, 1.54) is 0 Å². The summed E-state index contributed by atoms with van der Waals surface area (Å²) in [4.78, 5) is 0. The summed E-state index contributed by atoms with van der Waals surface area (Å²) < 4.78 is 35.5. The van der Waals surface area contributed by atoms with Crippen LogP contribution in [-0.4, -0.2) is 14.4 Å². The summed E-state index contributed by atoms with van der Waals surface area (Å²) in [6, 6.07) is 9.22. The molecule has 1 aliphatic heterocycles. The number of fused-ring (bicyclic) bond motifs is 1. The molecule has 0 aromatic heterocycles. The number of alkyl halides is 2. The van der Waals surface area contributed by atoms with Crippen LogP contribution in [0.15, 0.2) is 12.1 Å². The Hall–Kier alpha value is -0.506. The van der Waals surface area contributed by atoms with Gasteiger partial charge in [-0.25, -0.2) is 0 Å². The molecule has 0 radical (unpaired) electrons. The van der Waals surface area contributed by atoms with E-state index >= 15 is 0 Å². The number of hydrogen-bond donors (Lipinski definition) is 0. The molecular formula is C13H17F2LiO2Si. The minimum absolute atomic E-state index is 0. The molecule has 0 bridgehead atoms. The average molecular weight is 278 g/mol. The van der Waals surface area contributed by atoms with E-state index in [4.69, 9.17) is 0 Å². The van der Waals surface area contributed by atoms with Gasteiger partial charge in [-0.1, -0.05) is 38.9 Å². The van der Waals surface area contributed by atoms with Crippen LogP contribution in [0.1, 0.15) is 20.8 Å². The second-order valence-electron chi connectivity index (χ2n) is 4.56. The fraction of sp³-hybridized carbons (Fsp3) is 0.538. The van der Waals surface area contributed by atoms with Crippen molar-refractivity contribution in [1.82, 2.24) is 0 Å². The van der Waals surface area contributed by atoms with Crippen LogP contribution in [0.25, 0.3) is 0 Å². The van der Waals surface area contributed by atoms with Crippen LogP contribution in [0.2, 0.25) is 18.1 Å². The third-order valence-corrected chi connectivity index (χ3v) is 9.56. The van der Waals surface area contributed by atoms with Crippen molar-refractivity contribution in [2.45, 2.75) is 45.2 Å². The number of ether oxygens (including phenoxy) is 2. The van der Waals surface area contributed by atoms with Crippen LogP contribution in [0, 0.1) is 6.07 Å². The first-order valence-corrected chi connectivity index (χ1v) is 8.91. The van der Waals surface area contributed by atoms with E-state index in [0.717, 1.165) is 23.3 Å². The van der Waals surface area contributed by atoms with E-state index in [0.29, 0.717) is 0 Å². The van der Waals surface area contributed by atoms with Crippen molar-refractivity contribution in [1.29, 1.82) is 0 Å². The molecule has 0 fully saturated rings. The van der Waals surface area contributed by atoms with Gasteiger partial charge in [0.2, 0.25) is 0 Å². The fourth-order valence-electron chi connectivity index (χ4n) is 2.64. The molecular weight excluding hydrogens is 261 g/mol. The van der Waals surface area contributed by atoms with Gasteiger partial charge in [0.1, 0.15) is 0 Å². The molecule has 1 heterocycles. The SMILES string of the molecule is CC[Si](CC)(CC)c1cc[c-]c2c1OC(F)(F)O2.[Li+]. The number of halogens is 2. The molecule has 100 valence electrons. The van der Waals surface area contributed by atoms with Crippen LogP contribution in [0.3, 0.4) is 0 Å². The van der Waals surface area contributed by atoms with Crippen LogP contribution in [0.5, 0.6) is 11.5 Å². The first-order valence-electron chi connectivity index (χ1n) is 6.29. The zero-order chi connectivity index (χ0) is 13.4. The van der Waals surface area contributed by atoms with Crippen LogP contribution < -0.4 is 33.5 Å². The molecule has 6 heteroatoms. The number of hydrogen-bond acceptors (Lipinski definition) is 2. The normalized spacial score (nSPS) is 16.1. The van der Waals surface area contributed by atoms with Gasteiger partial charge in [-0.15, -0.1) is 20.0 Å². The third kappa shape index (κ3) is 2.83. The molecule has 1 aromatic rings. The van der Waals surface area contributed by atoms with E-state index < -0.39 is 14.4 Å². The van der Waals surface area contributed by atoms with Gasteiger partial charge in [0.15, 0.2) is 0 Å². The fourth-order valence-corrected chi connectivity index (χ4v) is 6.36. The van der Waals surface area contributed by atoms with Crippen molar-refractivity contribution >= 4 is 13.3 Å². The second kappa shape index (κ2) is 5.86. The van der Waals surface area contributed by atoms with Gasteiger partial charge in [-0.3, -0.25) is 0 Å². The molecule has 2 nitrogen and oxygen atoms in total. The van der Waals surface area contributed by atoms with Gasteiger partial charge >= 0.3 is 25.2 Å². The minimum Gasteiger partial charge on any atom is -0.460 e. The Balaban J connectivity index is 0.00000180. The van der Waals surface area contributed by atoms with Crippen LogP contribution >= 0.6 is 0 Å². The quantitative estimate of drug-likeness (QED) is 0.591. The van der Waals surface area contributed by atoms with Gasteiger partial charge in [-0.05, 0) is 0 Å². The Kier molecular flexibility index (Phi) is 5.11. The summed E-state index contributed by atoms with van der Waals surface area (Å²) in [5, 5.41) is 0.931. The Labute approximate surface area is 125 Å². The van der Waals surface area contributed by atoms with Crippen molar-refractivity contribution in [2.75, 3.05) is 0 Å². The summed E-state index contributed by atoms with van der Waals surface area (Å²) in [6.07, 6.45) is -3.55. The maximum absolute atomic E-state index is 13.2. The molecule has 1 aliphatic rings. The maximum atomic E-state index is 13.2. The van der Waals surface area contributed by atoms with Crippen molar-refractivity contribution < 1.29 is 37.1 Å². The predicted octanol–water partition coefficient (Wildman–Crippen LogP) is 0.528. The Bertz CT molecular complexity index is 442. The third-order valence-electron chi connectivity index (χ3n) is 3.96. The van der Waals surface area contributed by atoms with Gasteiger partial charge in [0.25, 0.3) is 0 Å². The molecule has 19 heavy (non-hydrogen) atoms. The molecule has 0 N–H and O–H groups in total. The number of benzene rings is 1. The Morgan fingerprint density at radius 2 is 1.74 bits per heavy atom. The second-order valence-corrected chi connectivity index (χ2v) is 9.78. The van der Waals surface area contributed by atoms with Crippen molar-refractivity contribution in [3.05, 3.63) is 18.2 Å². The smallest absolute Gasteiger partial charge is 0.460 e. The van der Waals surface area contributed by atoms with Gasteiger partial charge in [0, 0.05) is 0 Å². The standard InChI is InChI=1S/C13H17F2O2Si.Li/c1-4-18(5-2,6-3)11-9-7-8-10-12(11)17-13(14,15)16-10;/h7,9H,4-6H2,1-3H3;/q-1;+1. The van der Waals surface area contributed by atoms with Crippen LogP contribution in [0.4, 0.5) is 8.78 Å². The molecule has 0 aliphatic carbocycles. The molecule has 0 saturated carbocycles.